The normalized spacial score (nSPS) is 11.8. The molecule has 0 fully saturated rings. The first kappa shape index (κ1) is 12.0. The number of hydrogen-bond donors (Lipinski definition) is 2. The number of aromatic hydroxyl groups is 1. The minimum atomic E-state index is -0.354. The second kappa shape index (κ2) is 5.27. The Labute approximate surface area is 105 Å². The van der Waals surface area contributed by atoms with Crippen LogP contribution in [0.25, 0.3) is 0 Å². The van der Waals surface area contributed by atoms with Gasteiger partial charge in [-0.3, -0.25) is 14.8 Å². The lowest BCUT2D eigenvalue weighted by Crippen LogP contribution is -2.27. The Bertz CT molecular complexity index is 543. The van der Waals surface area contributed by atoms with E-state index in [1.807, 2.05) is 25.1 Å². The summed E-state index contributed by atoms with van der Waals surface area (Å²) in [5.41, 5.74) is 0.965. The number of nitrogens with one attached hydrogen (secondary N) is 1. The molecule has 0 spiro atoms. The minimum absolute atomic E-state index is 0.136. The van der Waals surface area contributed by atoms with Crippen molar-refractivity contribution < 1.29 is 9.90 Å². The fourth-order valence-electron chi connectivity index (χ4n) is 1.56. The lowest BCUT2D eigenvalue weighted by Gasteiger charge is -2.13. The summed E-state index contributed by atoms with van der Waals surface area (Å²) < 4.78 is 0. The van der Waals surface area contributed by atoms with Crippen LogP contribution in [0.2, 0.25) is 0 Å². The first-order chi connectivity index (χ1) is 8.68. The van der Waals surface area contributed by atoms with Crippen LogP contribution in [0.15, 0.2) is 42.9 Å². The first-order valence-electron chi connectivity index (χ1n) is 5.53. The average molecular weight is 243 g/mol. The van der Waals surface area contributed by atoms with Crippen LogP contribution in [0.4, 0.5) is 0 Å². The molecule has 0 aliphatic heterocycles. The molecule has 2 heterocycles. The number of carbonyl (C=O) groups excluding carboxylic acids is 1. The largest absolute Gasteiger partial charge is 0.505 e. The van der Waals surface area contributed by atoms with Gasteiger partial charge in [0.25, 0.3) is 5.91 Å². The summed E-state index contributed by atoms with van der Waals surface area (Å²) in [6.45, 7) is 1.83. The highest BCUT2D eigenvalue weighted by atomic mass is 16.3. The molecule has 92 valence electrons. The van der Waals surface area contributed by atoms with Crippen LogP contribution < -0.4 is 5.32 Å². The minimum Gasteiger partial charge on any atom is -0.505 e. The zero-order chi connectivity index (χ0) is 13.0. The van der Waals surface area contributed by atoms with Crippen molar-refractivity contribution in [2.24, 2.45) is 0 Å². The third-order valence-corrected chi connectivity index (χ3v) is 2.52. The standard InChI is InChI=1S/C13H13N3O2/c1-9(11-4-2-3-6-15-11)16-13(18)10-5-7-14-8-12(10)17/h2-9,17H,1H3,(H,16,18). The predicted molar refractivity (Wildman–Crippen MR) is 66.0 cm³/mol. The Kier molecular flexibility index (Phi) is 3.52. The number of nitrogens with zero attached hydrogens (tertiary/aromatic N) is 2. The maximum absolute atomic E-state index is 11.9. The Hall–Kier alpha value is -2.43. The molecule has 0 aliphatic carbocycles. The summed E-state index contributed by atoms with van der Waals surface area (Å²) in [7, 11) is 0. The summed E-state index contributed by atoms with van der Waals surface area (Å²) in [5.74, 6) is -0.490. The van der Waals surface area contributed by atoms with Crippen LogP contribution in [0.3, 0.4) is 0 Å². The van der Waals surface area contributed by atoms with Gasteiger partial charge in [-0.2, -0.15) is 0 Å². The van der Waals surface area contributed by atoms with Crippen LogP contribution in [-0.4, -0.2) is 21.0 Å². The number of amides is 1. The second-order valence-electron chi connectivity index (χ2n) is 3.84. The molecule has 5 nitrogen and oxygen atoms in total. The van der Waals surface area contributed by atoms with E-state index < -0.39 is 0 Å². The zero-order valence-corrected chi connectivity index (χ0v) is 9.87. The lowest BCUT2D eigenvalue weighted by atomic mass is 10.2. The SMILES string of the molecule is CC(NC(=O)c1ccncc1O)c1ccccn1. The molecule has 0 saturated carbocycles. The van der Waals surface area contributed by atoms with Crippen molar-refractivity contribution in [1.29, 1.82) is 0 Å². The van der Waals surface area contributed by atoms with Crippen molar-refractivity contribution in [1.82, 2.24) is 15.3 Å². The summed E-state index contributed by atoms with van der Waals surface area (Å²) in [6.07, 6.45) is 4.36. The summed E-state index contributed by atoms with van der Waals surface area (Å²) >= 11 is 0. The Morgan fingerprint density at radius 1 is 1.33 bits per heavy atom. The van der Waals surface area contributed by atoms with E-state index in [4.69, 9.17) is 0 Å². The van der Waals surface area contributed by atoms with Crippen molar-refractivity contribution in [3.63, 3.8) is 0 Å². The van der Waals surface area contributed by atoms with E-state index in [9.17, 15) is 9.90 Å². The molecule has 2 N–H and O–H groups in total. The number of hydrogen-bond acceptors (Lipinski definition) is 4. The highest BCUT2D eigenvalue weighted by molar-refractivity contribution is 5.96. The van der Waals surface area contributed by atoms with E-state index in [1.165, 1.54) is 18.5 Å². The summed E-state index contributed by atoms with van der Waals surface area (Å²) in [6, 6.07) is 6.74. The zero-order valence-electron chi connectivity index (χ0n) is 9.87. The van der Waals surface area contributed by atoms with Crippen molar-refractivity contribution in [3.05, 3.63) is 54.1 Å². The Morgan fingerprint density at radius 2 is 2.17 bits per heavy atom. The van der Waals surface area contributed by atoms with Crippen LogP contribution in [0.5, 0.6) is 5.75 Å². The molecule has 2 rings (SSSR count). The fourth-order valence-corrected chi connectivity index (χ4v) is 1.56. The molecule has 1 unspecified atom stereocenters. The molecule has 2 aromatic rings. The maximum atomic E-state index is 11.9. The van der Waals surface area contributed by atoms with Gasteiger partial charge >= 0.3 is 0 Å². The quantitative estimate of drug-likeness (QED) is 0.859. The van der Waals surface area contributed by atoms with Gasteiger partial charge in [0.1, 0.15) is 5.75 Å². The number of aromatic nitrogens is 2. The van der Waals surface area contributed by atoms with E-state index in [1.54, 1.807) is 6.20 Å². The van der Waals surface area contributed by atoms with Crippen molar-refractivity contribution in [2.45, 2.75) is 13.0 Å². The van der Waals surface area contributed by atoms with Crippen LogP contribution in [0.1, 0.15) is 29.0 Å². The van der Waals surface area contributed by atoms with E-state index in [0.29, 0.717) is 0 Å². The van der Waals surface area contributed by atoms with Crippen molar-refractivity contribution >= 4 is 5.91 Å². The van der Waals surface area contributed by atoms with Gasteiger partial charge in [-0.05, 0) is 25.1 Å². The third kappa shape index (κ3) is 2.63. The molecule has 0 radical (unpaired) electrons. The molecular weight excluding hydrogens is 230 g/mol. The highest BCUT2D eigenvalue weighted by Gasteiger charge is 2.14. The smallest absolute Gasteiger partial charge is 0.255 e. The summed E-state index contributed by atoms with van der Waals surface area (Å²) in [5, 5.41) is 12.3. The number of rotatable bonds is 3. The molecule has 1 amide bonds. The number of carbonyl (C=O) groups is 1. The van der Waals surface area contributed by atoms with Crippen LogP contribution in [0, 0.1) is 0 Å². The van der Waals surface area contributed by atoms with E-state index >= 15 is 0 Å². The van der Waals surface area contributed by atoms with E-state index in [2.05, 4.69) is 15.3 Å². The molecule has 0 aliphatic rings. The molecule has 0 saturated heterocycles. The fraction of sp³-hybridized carbons (Fsp3) is 0.154. The molecule has 1 atom stereocenters. The molecule has 2 aromatic heterocycles. The van der Waals surface area contributed by atoms with Gasteiger partial charge in [-0.1, -0.05) is 6.07 Å². The average Bonchev–Trinajstić information content (AvgIpc) is 2.40. The molecule has 5 heteroatoms. The van der Waals surface area contributed by atoms with Gasteiger partial charge in [0, 0.05) is 12.4 Å². The Balaban J connectivity index is 2.11. The topological polar surface area (TPSA) is 75.1 Å². The first-order valence-corrected chi connectivity index (χ1v) is 5.53. The Morgan fingerprint density at radius 3 is 2.83 bits per heavy atom. The lowest BCUT2D eigenvalue weighted by molar-refractivity contribution is 0.0936. The van der Waals surface area contributed by atoms with Crippen LogP contribution >= 0.6 is 0 Å². The molecule has 0 aromatic carbocycles. The van der Waals surface area contributed by atoms with Crippen LogP contribution in [-0.2, 0) is 0 Å². The highest BCUT2D eigenvalue weighted by Crippen LogP contribution is 2.15. The molecule has 18 heavy (non-hydrogen) atoms. The van der Waals surface area contributed by atoms with Gasteiger partial charge < -0.3 is 10.4 Å². The van der Waals surface area contributed by atoms with Gasteiger partial charge in [-0.15, -0.1) is 0 Å². The molecular formula is C13H13N3O2. The molecule has 0 bridgehead atoms. The van der Waals surface area contributed by atoms with E-state index in [0.717, 1.165) is 5.69 Å². The maximum Gasteiger partial charge on any atom is 0.255 e. The van der Waals surface area contributed by atoms with Gasteiger partial charge in [0.15, 0.2) is 0 Å². The van der Waals surface area contributed by atoms with Gasteiger partial charge in [0.2, 0.25) is 0 Å². The third-order valence-electron chi connectivity index (χ3n) is 2.52. The van der Waals surface area contributed by atoms with Crippen molar-refractivity contribution in [2.75, 3.05) is 0 Å². The monoisotopic (exact) mass is 243 g/mol. The number of pyridine rings is 2. The summed E-state index contributed by atoms with van der Waals surface area (Å²) in [4.78, 5) is 19.8. The van der Waals surface area contributed by atoms with Gasteiger partial charge in [0.05, 0.1) is 23.5 Å². The van der Waals surface area contributed by atoms with E-state index in [-0.39, 0.29) is 23.3 Å². The van der Waals surface area contributed by atoms with Crippen molar-refractivity contribution in [3.8, 4) is 5.75 Å². The second-order valence-corrected chi connectivity index (χ2v) is 3.84. The van der Waals surface area contributed by atoms with Gasteiger partial charge in [-0.25, -0.2) is 0 Å². The predicted octanol–water partition coefficient (Wildman–Crippen LogP) is 1.67.